The summed E-state index contributed by atoms with van der Waals surface area (Å²) >= 11 is 5.10. The second-order valence-corrected chi connectivity index (χ2v) is 3.73. The number of benzene rings is 1. The van der Waals surface area contributed by atoms with E-state index in [9.17, 15) is 0 Å². The normalized spacial score (nSPS) is 21.0. The Morgan fingerprint density at radius 2 is 2.15 bits per heavy atom. The maximum atomic E-state index is 5.10. The minimum absolute atomic E-state index is 0.504. The van der Waals surface area contributed by atoms with E-state index in [1.807, 2.05) is 6.07 Å². The summed E-state index contributed by atoms with van der Waals surface area (Å²) in [4.78, 5) is 0. The zero-order chi connectivity index (χ0) is 9.26. The summed E-state index contributed by atoms with van der Waals surface area (Å²) < 4.78 is 0. The average Bonchev–Trinajstić information content (AvgIpc) is 2.27. The first-order chi connectivity index (χ1) is 6.27. The van der Waals surface area contributed by atoms with Gasteiger partial charge in [-0.05, 0) is 23.8 Å². The molecule has 0 saturated carbocycles. The lowest BCUT2D eigenvalue weighted by molar-refractivity contribution is 0.734. The van der Waals surface area contributed by atoms with Crippen LogP contribution in [0.5, 0.6) is 0 Å². The molecule has 2 nitrogen and oxygen atoms in total. The van der Waals surface area contributed by atoms with Crippen LogP contribution in [-0.4, -0.2) is 11.7 Å². The van der Waals surface area contributed by atoms with Crippen LogP contribution in [0.4, 0.5) is 5.69 Å². The fourth-order valence-corrected chi connectivity index (χ4v) is 1.76. The van der Waals surface area contributed by atoms with Crippen molar-refractivity contribution in [3.8, 4) is 0 Å². The van der Waals surface area contributed by atoms with Crippen molar-refractivity contribution in [2.75, 3.05) is 11.9 Å². The van der Waals surface area contributed by atoms with E-state index in [1.165, 1.54) is 5.56 Å². The Labute approximate surface area is 83.3 Å². The smallest absolute Gasteiger partial charge is 0.170 e. The van der Waals surface area contributed by atoms with Crippen molar-refractivity contribution in [3.05, 3.63) is 29.8 Å². The second kappa shape index (κ2) is 3.34. The van der Waals surface area contributed by atoms with Gasteiger partial charge in [0.1, 0.15) is 0 Å². The number of rotatable bonds is 0. The fraction of sp³-hybridized carbons (Fsp3) is 0.300. The van der Waals surface area contributed by atoms with Crippen LogP contribution in [0.15, 0.2) is 24.3 Å². The number of nitrogens with one attached hydrogen (secondary N) is 2. The predicted molar refractivity (Wildman–Crippen MR) is 59.1 cm³/mol. The topological polar surface area (TPSA) is 24.1 Å². The van der Waals surface area contributed by atoms with Crippen molar-refractivity contribution in [2.24, 2.45) is 0 Å². The van der Waals surface area contributed by atoms with E-state index < -0.39 is 0 Å². The number of thiocarbonyl (C=S) groups is 1. The van der Waals surface area contributed by atoms with Crippen molar-refractivity contribution in [2.45, 2.75) is 12.8 Å². The molecule has 2 N–H and O–H groups in total. The molecule has 3 heteroatoms. The summed E-state index contributed by atoms with van der Waals surface area (Å²) in [6.45, 7) is 3.10. The molecule has 1 heterocycles. The molecule has 1 aromatic rings. The quantitative estimate of drug-likeness (QED) is 0.615. The summed E-state index contributed by atoms with van der Waals surface area (Å²) in [6.07, 6.45) is 0. The number of hydrogen-bond acceptors (Lipinski definition) is 1. The van der Waals surface area contributed by atoms with Crippen LogP contribution in [-0.2, 0) is 0 Å². The van der Waals surface area contributed by atoms with Gasteiger partial charge in [0.2, 0.25) is 0 Å². The van der Waals surface area contributed by atoms with Crippen LogP contribution in [0.3, 0.4) is 0 Å². The average molecular weight is 192 g/mol. The standard InChI is InChI=1S/C10H12N2S/c1-7-6-11-10(13)12-9-5-3-2-4-8(7)9/h2-5,7H,6H2,1H3,(H2,11,12,13). The number of fused-ring (bicyclic) bond motifs is 1. The van der Waals surface area contributed by atoms with Gasteiger partial charge in [-0.2, -0.15) is 0 Å². The maximum Gasteiger partial charge on any atom is 0.170 e. The van der Waals surface area contributed by atoms with E-state index in [-0.39, 0.29) is 0 Å². The third kappa shape index (κ3) is 1.65. The lowest BCUT2D eigenvalue weighted by atomic mass is 10.00. The summed E-state index contributed by atoms with van der Waals surface area (Å²) in [6, 6.07) is 8.28. The first kappa shape index (κ1) is 8.51. The molecule has 0 radical (unpaired) electrons. The van der Waals surface area contributed by atoms with Crippen LogP contribution in [0.1, 0.15) is 18.4 Å². The molecule has 0 amide bonds. The SMILES string of the molecule is CC1CNC(=S)Nc2ccccc21. The molecule has 1 aromatic carbocycles. The Hall–Kier alpha value is -1.09. The highest BCUT2D eigenvalue weighted by Crippen LogP contribution is 2.25. The van der Waals surface area contributed by atoms with Gasteiger partial charge in [0.15, 0.2) is 5.11 Å². The summed E-state index contributed by atoms with van der Waals surface area (Å²) in [5.74, 6) is 0.504. The Kier molecular flexibility index (Phi) is 2.19. The van der Waals surface area contributed by atoms with Crippen molar-refractivity contribution in [1.82, 2.24) is 5.32 Å². The molecule has 1 unspecified atom stereocenters. The fourth-order valence-electron chi connectivity index (χ4n) is 1.56. The van der Waals surface area contributed by atoms with Crippen molar-refractivity contribution in [1.29, 1.82) is 0 Å². The highest BCUT2D eigenvalue weighted by Gasteiger charge is 2.14. The highest BCUT2D eigenvalue weighted by atomic mass is 32.1. The molecule has 1 aliphatic heterocycles. The van der Waals surface area contributed by atoms with E-state index in [0.717, 1.165) is 17.3 Å². The molecule has 0 aromatic heterocycles. The van der Waals surface area contributed by atoms with Crippen molar-refractivity contribution in [3.63, 3.8) is 0 Å². The van der Waals surface area contributed by atoms with Gasteiger partial charge in [0.25, 0.3) is 0 Å². The number of anilines is 1. The number of para-hydroxylation sites is 1. The van der Waals surface area contributed by atoms with E-state index in [4.69, 9.17) is 12.2 Å². The van der Waals surface area contributed by atoms with Crippen LogP contribution in [0.25, 0.3) is 0 Å². The van der Waals surface area contributed by atoms with Crippen LogP contribution < -0.4 is 10.6 Å². The molecular formula is C10H12N2S. The van der Waals surface area contributed by atoms with Crippen molar-refractivity contribution < 1.29 is 0 Å². The van der Waals surface area contributed by atoms with E-state index in [0.29, 0.717) is 5.92 Å². The Morgan fingerprint density at radius 3 is 3.00 bits per heavy atom. The van der Waals surface area contributed by atoms with E-state index in [1.54, 1.807) is 0 Å². The minimum Gasteiger partial charge on any atom is -0.362 e. The van der Waals surface area contributed by atoms with Gasteiger partial charge in [-0.25, -0.2) is 0 Å². The lowest BCUT2D eigenvalue weighted by Crippen LogP contribution is -2.28. The lowest BCUT2D eigenvalue weighted by Gasteiger charge is -2.10. The third-order valence-electron chi connectivity index (χ3n) is 2.31. The number of hydrogen-bond donors (Lipinski definition) is 2. The predicted octanol–water partition coefficient (Wildman–Crippen LogP) is 2.09. The Bertz CT molecular complexity index is 335. The van der Waals surface area contributed by atoms with E-state index in [2.05, 4.69) is 35.8 Å². The Balaban J connectivity index is 2.43. The van der Waals surface area contributed by atoms with Crippen LogP contribution >= 0.6 is 12.2 Å². The van der Waals surface area contributed by atoms with E-state index >= 15 is 0 Å². The molecule has 0 saturated heterocycles. The van der Waals surface area contributed by atoms with Gasteiger partial charge in [0, 0.05) is 18.2 Å². The van der Waals surface area contributed by atoms with Crippen molar-refractivity contribution >= 4 is 23.0 Å². The largest absolute Gasteiger partial charge is 0.362 e. The minimum atomic E-state index is 0.504. The van der Waals surface area contributed by atoms with Gasteiger partial charge in [-0.3, -0.25) is 0 Å². The molecular weight excluding hydrogens is 180 g/mol. The molecule has 0 aliphatic carbocycles. The monoisotopic (exact) mass is 192 g/mol. The molecule has 2 rings (SSSR count). The van der Waals surface area contributed by atoms with Gasteiger partial charge < -0.3 is 10.6 Å². The van der Waals surface area contributed by atoms with Gasteiger partial charge in [0.05, 0.1) is 0 Å². The Morgan fingerprint density at radius 1 is 1.38 bits per heavy atom. The molecule has 0 spiro atoms. The molecule has 1 aliphatic rings. The van der Waals surface area contributed by atoms with Gasteiger partial charge in [-0.1, -0.05) is 25.1 Å². The highest BCUT2D eigenvalue weighted by molar-refractivity contribution is 7.80. The zero-order valence-electron chi connectivity index (χ0n) is 7.50. The molecule has 1 atom stereocenters. The van der Waals surface area contributed by atoms with Gasteiger partial charge >= 0.3 is 0 Å². The molecule has 13 heavy (non-hydrogen) atoms. The second-order valence-electron chi connectivity index (χ2n) is 3.32. The third-order valence-corrected chi connectivity index (χ3v) is 2.56. The summed E-state index contributed by atoms with van der Waals surface area (Å²) in [7, 11) is 0. The first-order valence-corrected chi connectivity index (χ1v) is 4.82. The van der Waals surface area contributed by atoms with Crippen LogP contribution in [0.2, 0.25) is 0 Å². The maximum absolute atomic E-state index is 5.10. The first-order valence-electron chi connectivity index (χ1n) is 4.41. The summed E-state index contributed by atoms with van der Waals surface area (Å²) in [5, 5.41) is 7.05. The van der Waals surface area contributed by atoms with Gasteiger partial charge in [-0.15, -0.1) is 0 Å². The summed E-state index contributed by atoms with van der Waals surface area (Å²) in [5.41, 5.74) is 2.46. The zero-order valence-corrected chi connectivity index (χ0v) is 8.32. The van der Waals surface area contributed by atoms with Crippen LogP contribution in [0, 0.1) is 0 Å². The molecule has 0 bridgehead atoms. The molecule has 0 fully saturated rings. The molecule has 68 valence electrons.